The minimum Gasteiger partial charge on any atom is -0.382 e. The number of nitriles is 1. The van der Waals surface area contributed by atoms with E-state index in [-0.39, 0.29) is 6.10 Å². The van der Waals surface area contributed by atoms with E-state index in [4.69, 9.17) is 14.7 Å². The molecular formula is C13H17N3O2. The van der Waals surface area contributed by atoms with Gasteiger partial charge in [-0.05, 0) is 18.6 Å². The minimum absolute atomic E-state index is 0.260. The highest BCUT2D eigenvalue weighted by Gasteiger charge is 2.23. The highest BCUT2D eigenvalue weighted by molar-refractivity contribution is 5.46. The normalized spacial score (nSPS) is 18.9. The van der Waals surface area contributed by atoms with Crippen molar-refractivity contribution in [1.29, 1.82) is 5.26 Å². The first-order valence-corrected chi connectivity index (χ1v) is 6.05. The molecule has 1 unspecified atom stereocenters. The lowest BCUT2D eigenvalue weighted by Crippen LogP contribution is -2.23. The summed E-state index contributed by atoms with van der Waals surface area (Å²) in [6.07, 6.45) is 3.02. The molecule has 0 N–H and O–H groups in total. The second-order valence-electron chi connectivity index (χ2n) is 4.23. The Labute approximate surface area is 107 Å². The lowest BCUT2D eigenvalue weighted by Gasteiger charge is -2.18. The van der Waals surface area contributed by atoms with Gasteiger partial charge in [-0.25, -0.2) is 4.98 Å². The number of anilines is 1. The summed E-state index contributed by atoms with van der Waals surface area (Å²) < 4.78 is 10.7. The Kier molecular flexibility index (Phi) is 4.51. The average Bonchev–Trinajstić information content (AvgIpc) is 2.88. The molecule has 1 atom stereocenters. The first kappa shape index (κ1) is 12.8. The van der Waals surface area contributed by atoms with Crippen molar-refractivity contribution in [3.8, 4) is 6.07 Å². The molecule has 0 bridgehead atoms. The maximum absolute atomic E-state index is 8.70. The Morgan fingerprint density at radius 3 is 3.06 bits per heavy atom. The first-order chi connectivity index (χ1) is 8.83. The number of nitrogens with zero attached hydrogens (tertiary/aromatic N) is 3. The van der Waals surface area contributed by atoms with Crippen molar-refractivity contribution in [2.75, 3.05) is 38.3 Å². The summed E-state index contributed by atoms with van der Waals surface area (Å²) in [4.78, 5) is 6.31. The van der Waals surface area contributed by atoms with Gasteiger partial charge in [-0.1, -0.05) is 0 Å². The molecule has 1 aromatic heterocycles. The van der Waals surface area contributed by atoms with Crippen LogP contribution in [0.5, 0.6) is 0 Å². The molecule has 1 aromatic rings. The molecule has 0 saturated carbocycles. The molecule has 0 radical (unpaired) electrons. The van der Waals surface area contributed by atoms with Crippen LogP contribution in [-0.4, -0.2) is 44.5 Å². The summed E-state index contributed by atoms with van der Waals surface area (Å²) in [5, 5.41) is 8.70. The summed E-state index contributed by atoms with van der Waals surface area (Å²) in [5.74, 6) is 0. The summed E-state index contributed by atoms with van der Waals surface area (Å²) >= 11 is 0. The van der Waals surface area contributed by atoms with Crippen molar-refractivity contribution < 1.29 is 9.47 Å². The summed E-state index contributed by atoms with van der Waals surface area (Å²) in [6, 6.07) is 5.70. The van der Waals surface area contributed by atoms with Gasteiger partial charge in [0.15, 0.2) is 0 Å². The molecular weight excluding hydrogens is 230 g/mol. The van der Waals surface area contributed by atoms with E-state index in [9.17, 15) is 0 Å². The van der Waals surface area contributed by atoms with Crippen molar-refractivity contribution in [2.45, 2.75) is 12.5 Å². The van der Waals surface area contributed by atoms with Crippen molar-refractivity contribution >= 4 is 5.69 Å². The predicted molar refractivity (Wildman–Crippen MR) is 67.4 cm³/mol. The molecule has 0 aromatic carbocycles. The van der Waals surface area contributed by atoms with Gasteiger partial charge >= 0.3 is 0 Å². The second kappa shape index (κ2) is 6.34. The summed E-state index contributed by atoms with van der Waals surface area (Å²) in [5.41, 5.74) is 1.50. The number of hydrogen-bond donors (Lipinski definition) is 0. The van der Waals surface area contributed by atoms with Crippen LogP contribution in [0.1, 0.15) is 12.1 Å². The van der Waals surface area contributed by atoms with Crippen LogP contribution in [-0.2, 0) is 9.47 Å². The molecule has 0 aliphatic carbocycles. The minimum atomic E-state index is 0.260. The standard InChI is InChI=1S/C13H17N3O2/c1-17-6-7-18-13-4-5-16(10-13)12-3-2-11(8-14)15-9-12/h2-3,9,13H,4-7,10H2,1H3. The summed E-state index contributed by atoms with van der Waals surface area (Å²) in [7, 11) is 1.67. The highest BCUT2D eigenvalue weighted by atomic mass is 16.5. The molecule has 1 saturated heterocycles. The smallest absolute Gasteiger partial charge is 0.140 e. The van der Waals surface area contributed by atoms with Crippen LogP contribution in [0.15, 0.2) is 18.3 Å². The summed E-state index contributed by atoms with van der Waals surface area (Å²) in [6.45, 7) is 3.11. The third-order valence-corrected chi connectivity index (χ3v) is 3.01. The van der Waals surface area contributed by atoms with E-state index in [1.165, 1.54) is 0 Å². The quantitative estimate of drug-likeness (QED) is 0.732. The number of methoxy groups -OCH3 is 1. The third kappa shape index (κ3) is 3.19. The van der Waals surface area contributed by atoms with E-state index in [2.05, 4.69) is 9.88 Å². The first-order valence-electron chi connectivity index (χ1n) is 6.05. The Bertz CT molecular complexity index is 413. The molecule has 0 spiro atoms. The van der Waals surface area contributed by atoms with Crippen LogP contribution in [0.4, 0.5) is 5.69 Å². The SMILES string of the molecule is COCCOC1CCN(c2ccc(C#N)nc2)C1. The second-order valence-corrected chi connectivity index (χ2v) is 4.23. The molecule has 1 aliphatic heterocycles. The van der Waals surface area contributed by atoms with Crippen molar-refractivity contribution in [2.24, 2.45) is 0 Å². The lowest BCUT2D eigenvalue weighted by atomic mass is 10.3. The predicted octanol–water partition coefficient (Wildman–Crippen LogP) is 1.19. The van der Waals surface area contributed by atoms with Gasteiger partial charge in [0.05, 0.1) is 31.2 Å². The van der Waals surface area contributed by atoms with E-state index >= 15 is 0 Å². The van der Waals surface area contributed by atoms with Crippen LogP contribution in [0.3, 0.4) is 0 Å². The topological polar surface area (TPSA) is 58.4 Å². The Hall–Kier alpha value is -1.64. The van der Waals surface area contributed by atoms with E-state index in [0.29, 0.717) is 18.9 Å². The molecule has 2 rings (SSSR count). The zero-order chi connectivity index (χ0) is 12.8. The maximum atomic E-state index is 8.70. The van der Waals surface area contributed by atoms with Gasteiger partial charge in [0.2, 0.25) is 0 Å². The fraction of sp³-hybridized carbons (Fsp3) is 0.538. The number of hydrogen-bond acceptors (Lipinski definition) is 5. The van der Waals surface area contributed by atoms with Crippen LogP contribution in [0.2, 0.25) is 0 Å². The van der Waals surface area contributed by atoms with Crippen LogP contribution < -0.4 is 4.90 Å². The van der Waals surface area contributed by atoms with E-state index in [1.807, 2.05) is 12.1 Å². The molecule has 5 heteroatoms. The fourth-order valence-electron chi connectivity index (χ4n) is 2.04. The van der Waals surface area contributed by atoms with Crippen LogP contribution in [0, 0.1) is 11.3 Å². The molecule has 2 heterocycles. The molecule has 96 valence electrons. The van der Waals surface area contributed by atoms with E-state index in [0.717, 1.165) is 25.2 Å². The highest BCUT2D eigenvalue weighted by Crippen LogP contribution is 2.21. The zero-order valence-corrected chi connectivity index (χ0v) is 10.5. The monoisotopic (exact) mass is 247 g/mol. The van der Waals surface area contributed by atoms with E-state index < -0.39 is 0 Å². The third-order valence-electron chi connectivity index (χ3n) is 3.01. The number of pyridine rings is 1. The lowest BCUT2D eigenvalue weighted by molar-refractivity contribution is 0.0280. The van der Waals surface area contributed by atoms with Gasteiger partial charge in [0.1, 0.15) is 11.8 Å². The van der Waals surface area contributed by atoms with Gasteiger partial charge < -0.3 is 14.4 Å². The molecule has 5 nitrogen and oxygen atoms in total. The van der Waals surface area contributed by atoms with Crippen LogP contribution >= 0.6 is 0 Å². The maximum Gasteiger partial charge on any atom is 0.140 e. The number of ether oxygens (including phenoxy) is 2. The molecule has 1 fully saturated rings. The Morgan fingerprint density at radius 2 is 2.39 bits per heavy atom. The fourth-order valence-corrected chi connectivity index (χ4v) is 2.04. The van der Waals surface area contributed by atoms with Gasteiger partial charge in [-0.3, -0.25) is 0 Å². The van der Waals surface area contributed by atoms with Crippen LogP contribution in [0.25, 0.3) is 0 Å². The van der Waals surface area contributed by atoms with Gasteiger partial charge in [0.25, 0.3) is 0 Å². The van der Waals surface area contributed by atoms with E-state index in [1.54, 1.807) is 19.4 Å². The van der Waals surface area contributed by atoms with Gasteiger partial charge in [-0.15, -0.1) is 0 Å². The molecule has 18 heavy (non-hydrogen) atoms. The molecule has 1 aliphatic rings. The Balaban J connectivity index is 1.86. The van der Waals surface area contributed by atoms with Crippen molar-refractivity contribution in [3.05, 3.63) is 24.0 Å². The average molecular weight is 247 g/mol. The van der Waals surface area contributed by atoms with Crippen molar-refractivity contribution in [3.63, 3.8) is 0 Å². The molecule has 0 amide bonds. The number of rotatable bonds is 5. The number of aromatic nitrogens is 1. The Morgan fingerprint density at radius 1 is 1.50 bits per heavy atom. The van der Waals surface area contributed by atoms with Gasteiger partial charge in [-0.2, -0.15) is 5.26 Å². The van der Waals surface area contributed by atoms with Gasteiger partial charge in [0, 0.05) is 20.2 Å². The zero-order valence-electron chi connectivity index (χ0n) is 10.5. The van der Waals surface area contributed by atoms with Crippen molar-refractivity contribution in [1.82, 2.24) is 4.98 Å². The largest absolute Gasteiger partial charge is 0.382 e.